The predicted octanol–water partition coefficient (Wildman–Crippen LogP) is 0.814. The summed E-state index contributed by atoms with van der Waals surface area (Å²) in [5, 5.41) is 3.91. The molecule has 0 radical (unpaired) electrons. The van der Waals surface area contributed by atoms with Crippen LogP contribution in [0.15, 0.2) is 28.8 Å². The fourth-order valence-electron chi connectivity index (χ4n) is 2.99. The molecular weight excluding hydrogens is 334 g/mol. The van der Waals surface area contributed by atoms with Gasteiger partial charge in [-0.15, -0.1) is 0 Å². The zero-order valence-corrected chi connectivity index (χ0v) is 15.1. The number of carbonyl (C=O) groups is 1. The Balaban J connectivity index is 1.41. The van der Waals surface area contributed by atoms with Crippen LogP contribution in [0.4, 0.5) is 0 Å². The lowest BCUT2D eigenvalue weighted by atomic mass is 10.1. The second kappa shape index (κ2) is 8.77. The van der Waals surface area contributed by atoms with Gasteiger partial charge in [0.25, 0.3) is 0 Å². The Morgan fingerprint density at radius 3 is 2.58 bits per heavy atom. The standard InChI is InChI=1S/C18H25N5O3/c1-25-15-5-2-14(3-6-15)4-7-18(24)23-10-8-22(9-11-23)13-16-20-17(12-19)26-21-16/h2-3,5-6H,4,7-13,19H2,1H3. The van der Waals surface area contributed by atoms with Crippen LogP contribution in [0.25, 0.3) is 0 Å². The highest BCUT2D eigenvalue weighted by Gasteiger charge is 2.22. The first-order valence-corrected chi connectivity index (χ1v) is 8.82. The molecule has 140 valence electrons. The first-order valence-electron chi connectivity index (χ1n) is 8.82. The van der Waals surface area contributed by atoms with Gasteiger partial charge in [-0.25, -0.2) is 0 Å². The summed E-state index contributed by atoms with van der Waals surface area (Å²) in [5.74, 6) is 2.12. The van der Waals surface area contributed by atoms with Gasteiger partial charge in [0.1, 0.15) is 5.75 Å². The van der Waals surface area contributed by atoms with E-state index in [1.807, 2.05) is 29.2 Å². The SMILES string of the molecule is COc1ccc(CCC(=O)N2CCN(Cc3noc(CN)n3)CC2)cc1. The van der Waals surface area contributed by atoms with E-state index < -0.39 is 0 Å². The molecule has 0 aliphatic carbocycles. The van der Waals surface area contributed by atoms with E-state index in [1.54, 1.807) is 7.11 Å². The predicted molar refractivity (Wildman–Crippen MR) is 95.4 cm³/mol. The number of rotatable bonds is 7. The summed E-state index contributed by atoms with van der Waals surface area (Å²) < 4.78 is 10.2. The minimum atomic E-state index is 0.199. The van der Waals surface area contributed by atoms with Crippen LogP contribution in [0.3, 0.4) is 0 Å². The molecule has 8 heteroatoms. The third kappa shape index (κ3) is 4.80. The van der Waals surface area contributed by atoms with Crippen LogP contribution in [0.2, 0.25) is 0 Å². The first-order chi connectivity index (χ1) is 12.7. The largest absolute Gasteiger partial charge is 0.497 e. The van der Waals surface area contributed by atoms with E-state index in [0.29, 0.717) is 24.7 Å². The summed E-state index contributed by atoms with van der Waals surface area (Å²) in [7, 11) is 1.65. The summed E-state index contributed by atoms with van der Waals surface area (Å²) in [5.41, 5.74) is 6.62. The van der Waals surface area contributed by atoms with Crippen molar-refractivity contribution >= 4 is 5.91 Å². The summed E-state index contributed by atoms with van der Waals surface area (Å²) in [6, 6.07) is 7.86. The lowest BCUT2D eigenvalue weighted by Gasteiger charge is -2.34. The van der Waals surface area contributed by atoms with E-state index in [2.05, 4.69) is 15.0 Å². The fourth-order valence-corrected chi connectivity index (χ4v) is 2.99. The monoisotopic (exact) mass is 359 g/mol. The van der Waals surface area contributed by atoms with Crippen LogP contribution in [0.5, 0.6) is 5.75 Å². The maximum atomic E-state index is 12.4. The molecule has 1 aliphatic rings. The van der Waals surface area contributed by atoms with Gasteiger partial charge >= 0.3 is 0 Å². The molecule has 0 unspecified atom stereocenters. The normalized spacial score (nSPS) is 15.2. The second-order valence-electron chi connectivity index (χ2n) is 6.31. The van der Waals surface area contributed by atoms with E-state index in [4.69, 9.17) is 15.0 Å². The third-order valence-corrected chi connectivity index (χ3v) is 4.56. The smallest absolute Gasteiger partial charge is 0.240 e. The van der Waals surface area contributed by atoms with Crippen molar-refractivity contribution in [2.24, 2.45) is 5.73 Å². The number of aromatic nitrogens is 2. The average Bonchev–Trinajstić information content (AvgIpc) is 3.14. The molecule has 1 amide bonds. The molecule has 0 atom stereocenters. The van der Waals surface area contributed by atoms with Crippen molar-refractivity contribution in [3.05, 3.63) is 41.5 Å². The molecule has 8 nitrogen and oxygen atoms in total. The molecule has 1 aliphatic heterocycles. The van der Waals surface area contributed by atoms with Crippen LogP contribution in [-0.2, 0) is 24.3 Å². The third-order valence-electron chi connectivity index (χ3n) is 4.56. The van der Waals surface area contributed by atoms with Crippen molar-refractivity contribution in [2.75, 3.05) is 33.3 Å². The summed E-state index contributed by atoms with van der Waals surface area (Å²) in [4.78, 5) is 20.8. The highest BCUT2D eigenvalue weighted by atomic mass is 16.5. The minimum Gasteiger partial charge on any atom is -0.497 e. The summed E-state index contributed by atoms with van der Waals surface area (Å²) in [6.45, 7) is 3.94. The highest BCUT2D eigenvalue weighted by molar-refractivity contribution is 5.76. The molecule has 2 heterocycles. The van der Waals surface area contributed by atoms with Gasteiger partial charge in [0.2, 0.25) is 11.8 Å². The lowest BCUT2D eigenvalue weighted by molar-refractivity contribution is -0.133. The van der Waals surface area contributed by atoms with Gasteiger partial charge in [-0.3, -0.25) is 9.69 Å². The molecule has 0 bridgehead atoms. The number of amides is 1. The number of benzene rings is 1. The zero-order valence-electron chi connectivity index (χ0n) is 15.1. The van der Waals surface area contributed by atoms with E-state index in [9.17, 15) is 4.79 Å². The molecule has 2 N–H and O–H groups in total. The maximum absolute atomic E-state index is 12.4. The number of aryl methyl sites for hydroxylation is 1. The molecule has 1 saturated heterocycles. The Bertz CT molecular complexity index is 708. The van der Waals surface area contributed by atoms with Crippen LogP contribution >= 0.6 is 0 Å². The number of ether oxygens (including phenoxy) is 1. The molecule has 0 spiro atoms. The van der Waals surface area contributed by atoms with Gasteiger partial charge in [-0.2, -0.15) is 4.98 Å². The molecule has 26 heavy (non-hydrogen) atoms. The summed E-state index contributed by atoms with van der Waals surface area (Å²) in [6.07, 6.45) is 1.27. The van der Waals surface area contributed by atoms with Crippen molar-refractivity contribution in [3.63, 3.8) is 0 Å². The number of piperazine rings is 1. The van der Waals surface area contributed by atoms with Gasteiger partial charge in [-0.05, 0) is 24.1 Å². The number of hydrogen-bond donors (Lipinski definition) is 1. The van der Waals surface area contributed by atoms with Gasteiger partial charge < -0.3 is 19.9 Å². The van der Waals surface area contributed by atoms with E-state index in [-0.39, 0.29) is 12.5 Å². The zero-order chi connectivity index (χ0) is 18.4. The van der Waals surface area contributed by atoms with Crippen LogP contribution in [0, 0.1) is 0 Å². The van der Waals surface area contributed by atoms with E-state index >= 15 is 0 Å². The Morgan fingerprint density at radius 1 is 1.23 bits per heavy atom. The first kappa shape index (κ1) is 18.3. The van der Waals surface area contributed by atoms with Crippen molar-refractivity contribution in [1.82, 2.24) is 19.9 Å². The van der Waals surface area contributed by atoms with Gasteiger partial charge in [0, 0.05) is 32.6 Å². The van der Waals surface area contributed by atoms with Crippen LogP contribution in [-0.4, -0.2) is 59.1 Å². The number of methoxy groups -OCH3 is 1. The number of hydrogen-bond acceptors (Lipinski definition) is 7. The second-order valence-corrected chi connectivity index (χ2v) is 6.31. The molecular formula is C18H25N5O3. The summed E-state index contributed by atoms with van der Waals surface area (Å²) >= 11 is 0. The molecule has 2 aromatic rings. The van der Waals surface area contributed by atoms with Crippen LogP contribution in [0.1, 0.15) is 23.7 Å². The van der Waals surface area contributed by atoms with Crippen LogP contribution < -0.4 is 10.5 Å². The minimum absolute atomic E-state index is 0.199. The number of nitrogens with zero attached hydrogens (tertiary/aromatic N) is 4. The van der Waals surface area contributed by atoms with Gasteiger partial charge in [0.15, 0.2) is 5.82 Å². The fraction of sp³-hybridized carbons (Fsp3) is 0.500. The Morgan fingerprint density at radius 2 is 1.96 bits per heavy atom. The highest BCUT2D eigenvalue weighted by Crippen LogP contribution is 2.14. The van der Waals surface area contributed by atoms with Crippen molar-refractivity contribution < 1.29 is 14.1 Å². The van der Waals surface area contributed by atoms with Crippen molar-refractivity contribution in [1.29, 1.82) is 0 Å². The van der Waals surface area contributed by atoms with Crippen molar-refractivity contribution in [3.8, 4) is 5.75 Å². The Labute approximate surface area is 152 Å². The Hall–Kier alpha value is -2.45. The van der Waals surface area contributed by atoms with E-state index in [0.717, 1.165) is 43.9 Å². The lowest BCUT2D eigenvalue weighted by Crippen LogP contribution is -2.48. The number of nitrogens with two attached hydrogens (primary N) is 1. The molecule has 3 rings (SSSR count). The quantitative estimate of drug-likeness (QED) is 0.781. The molecule has 1 aromatic heterocycles. The molecule has 0 saturated carbocycles. The van der Waals surface area contributed by atoms with Gasteiger partial charge in [-0.1, -0.05) is 17.3 Å². The number of carbonyl (C=O) groups excluding carboxylic acids is 1. The average molecular weight is 359 g/mol. The van der Waals surface area contributed by atoms with Crippen molar-refractivity contribution in [2.45, 2.75) is 25.9 Å². The topological polar surface area (TPSA) is 97.7 Å². The van der Waals surface area contributed by atoms with Gasteiger partial charge in [0.05, 0.1) is 20.2 Å². The van der Waals surface area contributed by atoms with E-state index in [1.165, 1.54) is 0 Å². The Kier molecular flexibility index (Phi) is 6.19. The molecule has 1 fully saturated rings. The maximum Gasteiger partial charge on any atom is 0.240 e. The molecule has 1 aromatic carbocycles.